The summed E-state index contributed by atoms with van der Waals surface area (Å²) < 4.78 is 25.1. The number of rotatable bonds is 4. The number of nitriles is 1. The molecule has 10 heteroatoms. The molecule has 24 heavy (non-hydrogen) atoms. The van der Waals surface area contributed by atoms with Crippen LogP contribution in [-0.4, -0.2) is 54.6 Å². The maximum atomic E-state index is 11.4. The molecular formula is C14H17NO9. The molecule has 132 valence electrons. The first kappa shape index (κ1) is 19.4. The Balaban J connectivity index is 3.26. The SMILES string of the molecule is CC(=O)OC1O[C@@H](C#N)[C@@H](OC(C)=O)[C@@H](OC(C)=O)[C@@H]1OC(C)=O. The smallest absolute Gasteiger partial charge is 0.305 e. The van der Waals surface area contributed by atoms with Gasteiger partial charge in [0.15, 0.2) is 18.3 Å². The first-order chi connectivity index (χ1) is 11.1. The van der Waals surface area contributed by atoms with Crippen LogP contribution in [0.3, 0.4) is 0 Å². The number of hydrogen-bond donors (Lipinski definition) is 0. The van der Waals surface area contributed by atoms with E-state index in [2.05, 4.69) is 0 Å². The minimum absolute atomic E-state index is 0.770. The summed E-state index contributed by atoms with van der Waals surface area (Å²) in [5, 5.41) is 9.19. The van der Waals surface area contributed by atoms with Gasteiger partial charge in [-0.1, -0.05) is 0 Å². The van der Waals surface area contributed by atoms with Gasteiger partial charge in [-0.3, -0.25) is 19.2 Å². The topological polar surface area (TPSA) is 138 Å². The first-order valence-electron chi connectivity index (χ1n) is 6.89. The third kappa shape index (κ3) is 5.20. The van der Waals surface area contributed by atoms with Crippen LogP contribution in [0.2, 0.25) is 0 Å². The molecule has 0 spiro atoms. The molecule has 5 atom stereocenters. The lowest BCUT2D eigenvalue weighted by molar-refractivity contribution is -0.286. The van der Waals surface area contributed by atoms with Crippen molar-refractivity contribution in [2.45, 2.75) is 58.4 Å². The Labute approximate surface area is 137 Å². The summed E-state index contributed by atoms with van der Waals surface area (Å²) in [6, 6.07) is 1.72. The van der Waals surface area contributed by atoms with Gasteiger partial charge in [-0.05, 0) is 0 Å². The third-order valence-electron chi connectivity index (χ3n) is 2.81. The summed E-state index contributed by atoms with van der Waals surface area (Å²) in [6.07, 6.45) is -7.09. The lowest BCUT2D eigenvalue weighted by Crippen LogP contribution is -2.61. The van der Waals surface area contributed by atoms with Gasteiger partial charge in [0.05, 0.1) is 6.07 Å². The van der Waals surface area contributed by atoms with Crippen LogP contribution in [0.5, 0.6) is 0 Å². The first-order valence-corrected chi connectivity index (χ1v) is 6.89. The molecule has 1 aliphatic heterocycles. The number of nitrogens with zero attached hydrogens (tertiary/aromatic N) is 1. The minimum Gasteiger partial charge on any atom is -0.454 e. The Morgan fingerprint density at radius 3 is 1.58 bits per heavy atom. The van der Waals surface area contributed by atoms with Crippen molar-refractivity contribution >= 4 is 23.9 Å². The van der Waals surface area contributed by atoms with Gasteiger partial charge in [0.1, 0.15) is 0 Å². The number of hydrogen-bond acceptors (Lipinski definition) is 10. The van der Waals surface area contributed by atoms with Crippen molar-refractivity contribution in [1.29, 1.82) is 5.26 Å². The van der Waals surface area contributed by atoms with Crippen molar-refractivity contribution in [1.82, 2.24) is 0 Å². The lowest BCUT2D eigenvalue weighted by atomic mass is 9.98. The van der Waals surface area contributed by atoms with E-state index >= 15 is 0 Å². The highest BCUT2D eigenvalue weighted by molar-refractivity contribution is 5.69. The van der Waals surface area contributed by atoms with E-state index < -0.39 is 54.6 Å². The number of carbonyl (C=O) groups is 4. The molecule has 0 aromatic heterocycles. The van der Waals surface area contributed by atoms with Crippen LogP contribution in [0.25, 0.3) is 0 Å². The average Bonchev–Trinajstić information content (AvgIpc) is 2.42. The molecule has 0 bridgehead atoms. The lowest BCUT2D eigenvalue weighted by Gasteiger charge is -2.41. The predicted octanol–water partition coefficient (Wildman–Crippen LogP) is -0.407. The summed E-state index contributed by atoms with van der Waals surface area (Å²) in [6.45, 7) is 4.31. The van der Waals surface area contributed by atoms with Crippen molar-refractivity contribution in [2.75, 3.05) is 0 Å². The largest absolute Gasteiger partial charge is 0.454 e. The fourth-order valence-corrected chi connectivity index (χ4v) is 2.14. The van der Waals surface area contributed by atoms with Crippen molar-refractivity contribution in [2.24, 2.45) is 0 Å². The van der Waals surface area contributed by atoms with Gasteiger partial charge in [0.25, 0.3) is 0 Å². The van der Waals surface area contributed by atoms with Gasteiger partial charge in [0, 0.05) is 27.7 Å². The second-order valence-corrected chi connectivity index (χ2v) is 4.89. The van der Waals surface area contributed by atoms with Crippen LogP contribution in [0, 0.1) is 11.3 Å². The molecule has 0 radical (unpaired) electrons. The van der Waals surface area contributed by atoms with E-state index in [-0.39, 0.29) is 0 Å². The van der Waals surface area contributed by atoms with Crippen molar-refractivity contribution in [3.63, 3.8) is 0 Å². The number of carbonyl (C=O) groups excluding carboxylic acids is 4. The van der Waals surface area contributed by atoms with Gasteiger partial charge in [-0.2, -0.15) is 5.26 Å². The zero-order valence-electron chi connectivity index (χ0n) is 13.5. The third-order valence-corrected chi connectivity index (χ3v) is 2.81. The van der Waals surface area contributed by atoms with E-state index in [1.807, 2.05) is 0 Å². The monoisotopic (exact) mass is 343 g/mol. The highest BCUT2D eigenvalue weighted by atomic mass is 16.7. The summed E-state index contributed by atoms with van der Waals surface area (Å²) in [5.74, 6) is -3.11. The molecule has 1 heterocycles. The minimum atomic E-state index is -1.51. The molecule has 0 N–H and O–H groups in total. The normalized spacial score (nSPS) is 28.9. The van der Waals surface area contributed by atoms with Crippen molar-refractivity contribution in [3.05, 3.63) is 0 Å². The van der Waals surface area contributed by atoms with E-state index in [1.165, 1.54) is 0 Å². The van der Waals surface area contributed by atoms with Gasteiger partial charge in [-0.25, -0.2) is 0 Å². The van der Waals surface area contributed by atoms with E-state index in [0.717, 1.165) is 27.7 Å². The summed E-state index contributed by atoms with van der Waals surface area (Å²) in [4.78, 5) is 45.2. The van der Waals surface area contributed by atoms with Gasteiger partial charge in [-0.15, -0.1) is 0 Å². The van der Waals surface area contributed by atoms with Crippen LogP contribution in [0.4, 0.5) is 0 Å². The molecule has 1 fully saturated rings. The fraction of sp³-hybridized carbons (Fsp3) is 0.643. The zero-order valence-corrected chi connectivity index (χ0v) is 13.5. The number of ether oxygens (including phenoxy) is 5. The summed E-state index contributed by atoms with van der Waals surface area (Å²) in [5.41, 5.74) is 0. The molecule has 10 nitrogen and oxygen atoms in total. The second kappa shape index (κ2) is 8.26. The second-order valence-electron chi connectivity index (χ2n) is 4.89. The maximum absolute atomic E-state index is 11.4. The van der Waals surface area contributed by atoms with Crippen LogP contribution >= 0.6 is 0 Å². The molecule has 1 rings (SSSR count). The maximum Gasteiger partial charge on any atom is 0.305 e. The number of esters is 4. The highest BCUT2D eigenvalue weighted by Crippen LogP contribution is 2.29. The van der Waals surface area contributed by atoms with Crippen LogP contribution < -0.4 is 0 Å². The van der Waals surface area contributed by atoms with E-state index in [4.69, 9.17) is 23.7 Å². The molecule has 1 aliphatic rings. The van der Waals surface area contributed by atoms with Crippen LogP contribution in [-0.2, 0) is 42.9 Å². The molecule has 0 saturated carbocycles. The molecule has 1 unspecified atom stereocenters. The van der Waals surface area contributed by atoms with E-state index in [9.17, 15) is 24.4 Å². The summed E-state index contributed by atoms with van der Waals surface area (Å²) >= 11 is 0. The van der Waals surface area contributed by atoms with Gasteiger partial charge < -0.3 is 23.7 Å². The zero-order chi connectivity index (χ0) is 18.4. The standard InChI is InChI=1S/C14H17NO9/c1-6(16)20-11-10(5-15)24-14(23-9(4)19)13(22-8(3)18)12(11)21-7(2)17/h10-14H,1-4H3/t10-,11+,12+,13-,14?/m0/s1. The van der Waals surface area contributed by atoms with Crippen LogP contribution in [0.1, 0.15) is 27.7 Å². The highest BCUT2D eigenvalue weighted by Gasteiger charge is 2.53. The molecule has 1 saturated heterocycles. The Morgan fingerprint density at radius 1 is 0.750 bits per heavy atom. The molecule has 0 aliphatic carbocycles. The molecular weight excluding hydrogens is 326 g/mol. The Bertz CT molecular complexity index is 567. The van der Waals surface area contributed by atoms with Crippen molar-refractivity contribution in [3.8, 4) is 6.07 Å². The van der Waals surface area contributed by atoms with Gasteiger partial charge in [0.2, 0.25) is 12.4 Å². The molecule has 0 amide bonds. The van der Waals surface area contributed by atoms with E-state index in [1.54, 1.807) is 6.07 Å². The molecule has 0 aromatic rings. The van der Waals surface area contributed by atoms with E-state index in [0.29, 0.717) is 0 Å². The molecule has 0 aromatic carbocycles. The van der Waals surface area contributed by atoms with Crippen LogP contribution in [0.15, 0.2) is 0 Å². The quantitative estimate of drug-likeness (QED) is 0.489. The predicted molar refractivity (Wildman–Crippen MR) is 72.7 cm³/mol. The van der Waals surface area contributed by atoms with Gasteiger partial charge >= 0.3 is 23.9 Å². The Kier molecular flexibility index (Phi) is 6.67. The Hall–Kier alpha value is -2.67. The average molecular weight is 343 g/mol. The Morgan fingerprint density at radius 2 is 1.17 bits per heavy atom. The fourth-order valence-electron chi connectivity index (χ4n) is 2.14. The van der Waals surface area contributed by atoms with Crippen molar-refractivity contribution < 1.29 is 42.9 Å². The summed E-state index contributed by atoms with van der Waals surface area (Å²) in [7, 11) is 0.